The van der Waals surface area contributed by atoms with Crippen LogP contribution in [0.15, 0.2) is 48.7 Å². The van der Waals surface area contributed by atoms with E-state index in [1.54, 1.807) is 0 Å². The maximum Gasteiger partial charge on any atom is 0.0595 e. The summed E-state index contributed by atoms with van der Waals surface area (Å²) < 4.78 is 0. The van der Waals surface area contributed by atoms with Gasteiger partial charge in [-0.15, -0.1) is 12.4 Å². The molecular formula is C19H21Cl3N2. The lowest BCUT2D eigenvalue weighted by molar-refractivity contribution is 0.631. The lowest BCUT2D eigenvalue weighted by atomic mass is 9.85. The van der Waals surface area contributed by atoms with Gasteiger partial charge < -0.3 is 10.3 Å². The molecule has 0 bridgehead atoms. The zero-order chi connectivity index (χ0) is 16.2. The van der Waals surface area contributed by atoms with Gasteiger partial charge in [0.1, 0.15) is 0 Å². The van der Waals surface area contributed by atoms with Crippen LogP contribution in [-0.4, -0.2) is 18.6 Å². The molecule has 2 aromatic carbocycles. The van der Waals surface area contributed by atoms with E-state index in [-0.39, 0.29) is 12.4 Å². The summed E-state index contributed by atoms with van der Waals surface area (Å²) in [4.78, 5) is 3.29. The van der Waals surface area contributed by atoms with E-state index in [9.17, 15) is 0 Å². The molecule has 0 aliphatic heterocycles. The number of H-pyrrole nitrogens is 1. The Morgan fingerprint density at radius 1 is 1.08 bits per heavy atom. The van der Waals surface area contributed by atoms with Gasteiger partial charge in [0, 0.05) is 23.0 Å². The zero-order valence-corrected chi connectivity index (χ0v) is 15.8. The summed E-state index contributed by atoms with van der Waals surface area (Å²) in [5, 5.41) is 5.71. The van der Waals surface area contributed by atoms with Gasteiger partial charge in [0.25, 0.3) is 0 Å². The molecule has 0 amide bonds. The smallest absolute Gasteiger partial charge is 0.0595 e. The molecule has 128 valence electrons. The monoisotopic (exact) mass is 382 g/mol. The number of fused-ring (bicyclic) bond motifs is 1. The van der Waals surface area contributed by atoms with Crippen LogP contribution in [0.5, 0.6) is 0 Å². The molecule has 0 saturated carbocycles. The Labute approximate surface area is 159 Å². The van der Waals surface area contributed by atoms with Gasteiger partial charge in [0.15, 0.2) is 0 Å². The maximum atomic E-state index is 6.25. The number of benzene rings is 2. The topological polar surface area (TPSA) is 27.8 Å². The summed E-state index contributed by atoms with van der Waals surface area (Å²) in [6.45, 7) is 1.00. The molecule has 0 aliphatic carbocycles. The SMILES string of the molecule is CNCCCC(c1ccc(Cl)c(Cl)c1)c1cccc2[nH]ccc12.Cl. The molecule has 1 atom stereocenters. The third-order valence-electron chi connectivity index (χ3n) is 4.27. The minimum atomic E-state index is 0. The van der Waals surface area contributed by atoms with Gasteiger partial charge in [0.05, 0.1) is 10.0 Å². The van der Waals surface area contributed by atoms with Gasteiger partial charge in [-0.1, -0.05) is 41.4 Å². The average molecular weight is 384 g/mol. The fourth-order valence-electron chi connectivity index (χ4n) is 3.13. The van der Waals surface area contributed by atoms with Gasteiger partial charge in [-0.3, -0.25) is 0 Å². The number of aromatic nitrogens is 1. The van der Waals surface area contributed by atoms with Crippen LogP contribution in [0.1, 0.15) is 29.9 Å². The van der Waals surface area contributed by atoms with Crippen LogP contribution < -0.4 is 5.32 Å². The predicted molar refractivity (Wildman–Crippen MR) is 107 cm³/mol. The van der Waals surface area contributed by atoms with Crippen molar-refractivity contribution in [3.8, 4) is 0 Å². The molecule has 0 spiro atoms. The third-order valence-corrected chi connectivity index (χ3v) is 5.01. The normalized spacial score (nSPS) is 12.1. The number of nitrogens with one attached hydrogen (secondary N) is 2. The van der Waals surface area contributed by atoms with Gasteiger partial charge in [-0.05, 0) is 61.8 Å². The van der Waals surface area contributed by atoms with Crippen molar-refractivity contribution in [1.82, 2.24) is 10.3 Å². The first-order chi connectivity index (χ1) is 11.2. The minimum Gasteiger partial charge on any atom is -0.361 e. The van der Waals surface area contributed by atoms with Gasteiger partial charge in [-0.25, -0.2) is 0 Å². The second-order valence-electron chi connectivity index (χ2n) is 5.76. The summed E-state index contributed by atoms with van der Waals surface area (Å²) in [5.41, 5.74) is 3.71. The van der Waals surface area contributed by atoms with Crippen LogP contribution in [-0.2, 0) is 0 Å². The summed E-state index contributed by atoms with van der Waals surface area (Å²) in [7, 11) is 1.99. The largest absolute Gasteiger partial charge is 0.361 e. The van der Waals surface area contributed by atoms with E-state index in [4.69, 9.17) is 23.2 Å². The van der Waals surface area contributed by atoms with Crippen LogP contribution in [0.25, 0.3) is 10.9 Å². The van der Waals surface area contributed by atoms with E-state index < -0.39 is 0 Å². The van der Waals surface area contributed by atoms with Crippen molar-refractivity contribution >= 4 is 46.5 Å². The molecule has 3 rings (SSSR count). The molecule has 0 fully saturated rings. The molecule has 24 heavy (non-hydrogen) atoms. The van der Waals surface area contributed by atoms with Crippen LogP contribution in [0.3, 0.4) is 0 Å². The fourth-order valence-corrected chi connectivity index (χ4v) is 3.43. The van der Waals surface area contributed by atoms with Gasteiger partial charge >= 0.3 is 0 Å². The van der Waals surface area contributed by atoms with Crippen molar-refractivity contribution in [2.75, 3.05) is 13.6 Å². The van der Waals surface area contributed by atoms with Crippen molar-refractivity contribution in [1.29, 1.82) is 0 Å². The van der Waals surface area contributed by atoms with E-state index in [0.29, 0.717) is 16.0 Å². The molecular weight excluding hydrogens is 363 g/mol. The Balaban J connectivity index is 0.00000208. The first-order valence-corrected chi connectivity index (χ1v) is 8.62. The van der Waals surface area contributed by atoms with Crippen molar-refractivity contribution in [2.45, 2.75) is 18.8 Å². The Morgan fingerprint density at radius 3 is 2.67 bits per heavy atom. The summed E-state index contributed by atoms with van der Waals surface area (Å²) in [6.07, 6.45) is 4.15. The third kappa shape index (κ3) is 4.07. The molecule has 0 aliphatic rings. The second-order valence-corrected chi connectivity index (χ2v) is 6.57. The summed E-state index contributed by atoms with van der Waals surface area (Å²) >= 11 is 12.3. The zero-order valence-electron chi connectivity index (χ0n) is 13.5. The van der Waals surface area contributed by atoms with E-state index in [1.807, 2.05) is 25.4 Å². The second kappa shape index (κ2) is 8.77. The van der Waals surface area contributed by atoms with E-state index in [1.165, 1.54) is 22.0 Å². The van der Waals surface area contributed by atoms with Crippen LogP contribution in [0.4, 0.5) is 0 Å². The molecule has 5 heteroatoms. The molecule has 1 aromatic heterocycles. The quantitative estimate of drug-likeness (QED) is 0.500. The van der Waals surface area contributed by atoms with Crippen molar-refractivity contribution in [3.63, 3.8) is 0 Å². The highest BCUT2D eigenvalue weighted by molar-refractivity contribution is 6.42. The lowest BCUT2D eigenvalue weighted by Crippen LogP contribution is -2.10. The number of aromatic amines is 1. The Hall–Kier alpha value is -1.19. The minimum absolute atomic E-state index is 0. The molecule has 2 nitrogen and oxygen atoms in total. The standard InChI is InChI=1S/C19H20Cl2N2.ClH/c1-22-10-3-5-14(13-7-8-17(20)18(21)12-13)15-4-2-6-19-16(15)9-11-23-19;/h2,4,6-9,11-12,14,22-23H,3,5,10H2,1H3;1H. The first kappa shape index (κ1) is 19.1. The van der Waals surface area contributed by atoms with Gasteiger partial charge in [-0.2, -0.15) is 0 Å². The van der Waals surface area contributed by atoms with Crippen molar-refractivity contribution < 1.29 is 0 Å². The van der Waals surface area contributed by atoms with Crippen molar-refractivity contribution in [2.24, 2.45) is 0 Å². The number of hydrogen-bond donors (Lipinski definition) is 2. The summed E-state index contributed by atoms with van der Waals surface area (Å²) in [6, 6.07) is 14.6. The van der Waals surface area contributed by atoms with E-state index in [0.717, 1.165) is 19.4 Å². The summed E-state index contributed by atoms with van der Waals surface area (Å²) in [5.74, 6) is 0.303. The highest BCUT2D eigenvalue weighted by Crippen LogP contribution is 2.36. The van der Waals surface area contributed by atoms with Gasteiger partial charge in [0.2, 0.25) is 0 Å². The number of halogens is 3. The molecule has 0 radical (unpaired) electrons. The van der Waals surface area contributed by atoms with E-state index in [2.05, 4.69) is 40.6 Å². The van der Waals surface area contributed by atoms with Crippen LogP contribution >= 0.6 is 35.6 Å². The Kier molecular flexibility index (Phi) is 7.00. The molecule has 2 N–H and O–H groups in total. The number of rotatable bonds is 6. The Morgan fingerprint density at radius 2 is 1.92 bits per heavy atom. The first-order valence-electron chi connectivity index (χ1n) is 7.86. The molecule has 1 heterocycles. The highest BCUT2D eigenvalue weighted by Gasteiger charge is 2.18. The van der Waals surface area contributed by atoms with Crippen molar-refractivity contribution in [3.05, 3.63) is 69.8 Å². The predicted octanol–water partition coefficient (Wildman–Crippen LogP) is 6.03. The average Bonchev–Trinajstić information content (AvgIpc) is 3.03. The van der Waals surface area contributed by atoms with Crippen LogP contribution in [0.2, 0.25) is 10.0 Å². The maximum absolute atomic E-state index is 6.25. The molecule has 0 saturated heterocycles. The van der Waals surface area contributed by atoms with Crippen LogP contribution in [0, 0.1) is 0 Å². The molecule has 3 aromatic rings. The highest BCUT2D eigenvalue weighted by atomic mass is 35.5. The molecule has 1 unspecified atom stereocenters. The Bertz CT molecular complexity index is 798. The number of hydrogen-bond acceptors (Lipinski definition) is 1. The lowest BCUT2D eigenvalue weighted by Gasteiger charge is -2.20. The fraction of sp³-hybridized carbons (Fsp3) is 0.263. The van der Waals surface area contributed by atoms with E-state index >= 15 is 0 Å².